The Morgan fingerprint density at radius 1 is 1.36 bits per heavy atom. The second-order valence-electron chi connectivity index (χ2n) is 4.77. The predicted molar refractivity (Wildman–Crippen MR) is 90.5 cm³/mol. The molecular weight excluding hydrogens is 316 g/mol. The van der Waals surface area contributed by atoms with Gasteiger partial charge in [-0.1, -0.05) is 18.2 Å². The number of thiazole rings is 1. The van der Waals surface area contributed by atoms with E-state index in [2.05, 4.69) is 10.3 Å². The molecule has 112 valence electrons. The van der Waals surface area contributed by atoms with Crippen LogP contribution in [0, 0.1) is 6.92 Å². The normalized spacial score (nSPS) is 10.6. The van der Waals surface area contributed by atoms with Crippen molar-refractivity contribution in [1.29, 1.82) is 0 Å². The second kappa shape index (κ2) is 6.39. The van der Waals surface area contributed by atoms with Crippen LogP contribution in [0.3, 0.4) is 0 Å². The number of rotatable bonds is 4. The number of aliphatic hydroxyl groups excluding tert-OH is 1. The smallest absolute Gasteiger partial charge is 0.267 e. The number of hydrogen-bond acceptors (Lipinski definition) is 5. The van der Waals surface area contributed by atoms with E-state index in [1.54, 1.807) is 23.6 Å². The highest BCUT2D eigenvalue weighted by molar-refractivity contribution is 7.22. The Morgan fingerprint density at radius 3 is 2.95 bits per heavy atom. The molecule has 0 atom stereocenters. The molecule has 0 bridgehead atoms. The van der Waals surface area contributed by atoms with Crippen molar-refractivity contribution in [2.24, 2.45) is 0 Å². The van der Waals surface area contributed by atoms with Crippen LogP contribution in [0.15, 0.2) is 41.9 Å². The van der Waals surface area contributed by atoms with E-state index in [1.165, 1.54) is 11.3 Å². The lowest BCUT2D eigenvalue weighted by Crippen LogP contribution is -2.11. The average molecular weight is 330 g/mol. The van der Waals surface area contributed by atoms with Gasteiger partial charge in [0.05, 0.1) is 17.7 Å². The Balaban J connectivity index is 1.80. The molecule has 1 amide bonds. The minimum absolute atomic E-state index is 0.0494. The lowest BCUT2D eigenvalue weighted by Gasteiger charge is -2.08. The molecule has 3 rings (SSSR count). The van der Waals surface area contributed by atoms with Gasteiger partial charge in [0.25, 0.3) is 5.91 Å². The van der Waals surface area contributed by atoms with Gasteiger partial charge in [-0.25, -0.2) is 4.98 Å². The van der Waals surface area contributed by atoms with Crippen molar-refractivity contribution in [3.8, 4) is 9.88 Å². The number of nitrogens with one attached hydrogen (secondary N) is 1. The van der Waals surface area contributed by atoms with Gasteiger partial charge >= 0.3 is 0 Å². The highest BCUT2D eigenvalue weighted by Crippen LogP contribution is 2.29. The van der Waals surface area contributed by atoms with Crippen molar-refractivity contribution in [3.05, 3.63) is 57.9 Å². The fraction of sp³-hybridized carbons (Fsp3) is 0.125. The van der Waals surface area contributed by atoms with E-state index in [-0.39, 0.29) is 12.5 Å². The van der Waals surface area contributed by atoms with Crippen molar-refractivity contribution in [1.82, 2.24) is 4.98 Å². The third-order valence-corrected chi connectivity index (χ3v) is 5.23. The molecule has 6 heteroatoms. The summed E-state index contributed by atoms with van der Waals surface area (Å²) in [5, 5.41) is 14.9. The molecule has 0 aliphatic carbocycles. The van der Waals surface area contributed by atoms with Crippen molar-refractivity contribution in [2.45, 2.75) is 13.5 Å². The van der Waals surface area contributed by atoms with Gasteiger partial charge in [0.2, 0.25) is 0 Å². The molecule has 22 heavy (non-hydrogen) atoms. The van der Waals surface area contributed by atoms with E-state index in [0.717, 1.165) is 21.0 Å². The molecule has 0 aliphatic rings. The zero-order valence-corrected chi connectivity index (χ0v) is 13.5. The summed E-state index contributed by atoms with van der Waals surface area (Å²) in [6.45, 7) is 1.87. The van der Waals surface area contributed by atoms with Crippen LogP contribution in [-0.4, -0.2) is 16.0 Å². The number of aryl methyl sites for hydroxylation is 1. The quantitative estimate of drug-likeness (QED) is 0.762. The molecule has 2 heterocycles. The van der Waals surface area contributed by atoms with Gasteiger partial charge in [-0.2, -0.15) is 0 Å². The first-order valence-corrected chi connectivity index (χ1v) is 8.38. The summed E-state index contributed by atoms with van der Waals surface area (Å²) in [6.07, 6.45) is 1.60. The Labute approximate surface area is 136 Å². The molecule has 0 aliphatic heterocycles. The molecule has 4 nitrogen and oxygen atoms in total. The molecule has 0 saturated heterocycles. The molecule has 0 spiro atoms. The maximum atomic E-state index is 12.3. The number of anilines is 1. The van der Waals surface area contributed by atoms with E-state index >= 15 is 0 Å². The second-order valence-corrected chi connectivity index (χ2v) is 6.75. The molecule has 0 radical (unpaired) electrons. The summed E-state index contributed by atoms with van der Waals surface area (Å²) in [7, 11) is 0. The van der Waals surface area contributed by atoms with E-state index in [1.807, 2.05) is 36.6 Å². The standard InChI is InChI=1S/C16H14N2O2S2/c1-10-4-5-11(9-19)7-12(10)18-15(20)14-8-17-16(22-14)13-3-2-6-21-13/h2-8,19H,9H2,1H3,(H,18,20). The minimum Gasteiger partial charge on any atom is -0.392 e. The van der Waals surface area contributed by atoms with Crippen LogP contribution in [0.25, 0.3) is 9.88 Å². The minimum atomic E-state index is -0.182. The summed E-state index contributed by atoms with van der Waals surface area (Å²) in [5.74, 6) is -0.182. The van der Waals surface area contributed by atoms with Crippen LogP contribution in [0.5, 0.6) is 0 Å². The predicted octanol–water partition coefficient (Wildman–Crippen LogP) is 3.92. The Kier molecular flexibility index (Phi) is 4.33. The van der Waals surface area contributed by atoms with Gasteiger partial charge < -0.3 is 10.4 Å². The summed E-state index contributed by atoms with van der Waals surface area (Å²) in [6, 6.07) is 9.46. The van der Waals surface area contributed by atoms with Crippen LogP contribution >= 0.6 is 22.7 Å². The molecule has 0 unspecified atom stereocenters. The molecule has 0 fully saturated rings. The number of aromatic nitrogens is 1. The summed E-state index contributed by atoms with van der Waals surface area (Å²) in [5.41, 5.74) is 2.43. The van der Waals surface area contributed by atoms with Crippen LogP contribution in [-0.2, 0) is 6.61 Å². The van der Waals surface area contributed by atoms with Crippen molar-refractivity contribution < 1.29 is 9.90 Å². The van der Waals surface area contributed by atoms with Gasteiger partial charge in [0, 0.05) is 5.69 Å². The van der Waals surface area contributed by atoms with Crippen LogP contribution in [0.4, 0.5) is 5.69 Å². The number of thiophene rings is 1. The van der Waals surface area contributed by atoms with Crippen molar-refractivity contribution in [3.63, 3.8) is 0 Å². The number of carbonyl (C=O) groups excluding carboxylic acids is 1. The molecule has 3 aromatic rings. The van der Waals surface area contributed by atoms with E-state index in [4.69, 9.17) is 0 Å². The first-order valence-electron chi connectivity index (χ1n) is 6.69. The van der Waals surface area contributed by atoms with Gasteiger partial charge in [0.15, 0.2) is 0 Å². The zero-order valence-electron chi connectivity index (χ0n) is 11.9. The molecule has 2 N–H and O–H groups in total. The fourth-order valence-corrected chi connectivity index (χ4v) is 3.59. The maximum Gasteiger partial charge on any atom is 0.267 e. The first kappa shape index (κ1) is 14.9. The van der Waals surface area contributed by atoms with E-state index < -0.39 is 0 Å². The average Bonchev–Trinajstić information content (AvgIpc) is 3.20. The van der Waals surface area contributed by atoms with Gasteiger partial charge in [-0.05, 0) is 35.6 Å². The Morgan fingerprint density at radius 2 is 2.23 bits per heavy atom. The third-order valence-electron chi connectivity index (χ3n) is 3.19. The number of carbonyl (C=O) groups is 1. The number of hydrogen-bond donors (Lipinski definition) is 2. The highest BCUT2D eigenvalue weighted by atomic mass is 32.1. The van der Waals surface area contributed by atoms with Crippen LogP contribution in [0.2, 0.25) is 0 Å². The monoisotopic (exact) mass is 330 g/mol. The largest absolute Gasteiger partial charge is 0.392 e. The van der Waals surface area contributed by atoms with Crippen LogP contribution < -0.4 is 5.32 Å². The molecular formula is C16H14N2O2S2. The van der Waals surface area contributed by atoms with Gasteiger partial charge in [0.1, 0.15) is 9.88 Å². The SMILES string of the molecule is Cc1ccc(CO)cc1NC(=O)c1cnc(-c2cccs2)s1. The number of benzene rings is 1. The zero-order chi connectivity index (χ0) is 15.5. The Bertz CT molecular complexity index is 794. The summed E-state index contributed by atoms with van der Waals surface area (Å²) < 4.78 is 0. The van der Waals surface area contributed by atoms with E-state index in [9.17, 15) is 9.90 Å². The number of amides is 1. The third kappa shape index (κ3) is 3.09. The topological polar surface area (TPSA) is 62.2 Å². The maximum absolute atomic E-state index is 12.3. The highest BCUT2D eigenvalue weighted by Gasteiger charge is 2.13. The number of nitrogens with zero attached hydrogens (tertiary/aromatic N) is 1. The lowest BCUT2D eigenvalue weighted by atomic mass is 10.1. The lowest BCUT2D eigenvalue weighted by molar-refractivity contribution is 0.103. The molecule has 2 aromatic heterocycles. The molecule has 0 saturated carbocycles. The summed E-state index contributed by atoms with van der Waals surface area (Å²) >= 11 is 2.97. The van der Waals surface area contributed by atoms with Gasteiger partial charge in [-0.3, -0.25) is 4.79 Å². The van der Waals surface area contributed by atoms with Crippen molar-refractivity contribution >= 4 is 34.3 Å². The Hall–Kier alpha value is -2.02. The number of aliphatic hydroxyl groups is 1. The fourth-order valence-electron chi connectivity index (χ4n) is 1.98. The van der Waals surface area contributed by atoms with Crippen LogP contribution in [0.1, 0.15) is 20.8 Å². The first-order chi connectivity index (χ1) is 10.7. The molecule has 1 aromatic carbocycles. The van der Waals surface area contributed by atoms with Gasteiger partial charge in [-0.15, -0.1) is 22.7 Å². The van der Waals surface area contributed by atoms with E-state index in [0.29, 0.717) is 10.6 Å². The summed E-state index contributed by atoms with van der Waals surface area (Å²) in [4.78, 5) is 18.3. The van der Waals surface area contributed by atoms with Crippen molar-refractivity contribution in [2.75, 3.05) is 5.32 Å².